The van der Waals surface area contributed by atoms with Crippen LogP contribution in [0.2, 0.25) is 0 Å². The van der Waals surface area contributed by atoms with Crippen LogP contribution in [0.3, 0.4) is 0 Å². The molecule has 0 aliphatic heterocycles. The second-order valence-corrected chi connectivity index (χ2v) is 11.7. The predicted molar refractivity (Wildman–Crippen MR) is 192 cm³/mol. The van der Waals surface area contributed by atoms with E-state index in [9.17, 15) is 15.0 Å². The van der Waals surface area contributed by atoms with Crippen LogP contribution in [0, 0.1) is 12.3 Å². The number of carbonyl (C=O) groups is 1. The second-order valence-electron chi connectivity index (χ2n) is 11.7. The Bertz CT molecular complexity index is 1460. The monoisotopic (exact) mass is 670 g/mol. The van der Waals surface area contributed by atoms with Crippen molar-refractivity contribution in [3.8, 4) is 35.3 Å². The minimum absolute atomic E-state index is 0.0309. The molecule has 2 N–H and O–H groups in total. The Hall–Kier alpha value is -4.71. The lowest BCUT2D eigenvalue weighted by molar-refractivity contribution is 0.0471. The van der Waals surface area contributed by atoms with E-state index in [-0.39, 0.29) is 32.0 Å². The van der Waals surface area contributed by atoms with Crippen molar-refractivity contribution in [1.29, 1.82) is 0 Å². The molecule has 0 aliphatic carbocycles. The zero-order valence-corrected chi connectivity index (χ0v) is 28.7. The summed E-state index contributed by atoms with van der Waals surface area (Å²) >= 11 is 0. The van der Waals surface area contributed by atoms with Crippen LogP contribution in [0.1, 0.15) is 109 Å². The van der Waals surface area contributed by atoms with Crippen molar-refractivity contribution in [3.63, 3.8) is 0 Å². The van der Waals surface area contributed by atoms with Crippen molar-refractivity contribution >= 4 is 5.97 Å². The van der Waals surface area contributed by atoms with Gasteiger partial charge in [0, 0.05) is 16.7 Å². The third-order valence-electron chi connectivity index (χ3n) is 7.95. The summed E-state index contributed by atoms with van der Waals surface area (Å²) in [6.07, 6.45) is 20.2. The number of hydrogen-bond acceptors (Lipinski definition) is 8. The first-order chi connectivity index (χ1) is 24.0. The van der Waals surface area contributed by atoms with Crippen LogP contribution in [0.5, 0.6) is 23.0 Å². The van der Waals surface area contributed by atoms with Gasteiger partial charge in [-0.05, 0) is 41.8 Å². The number of esters is 1. The van der Waals surface area contributed by atoms with Gasteiger partial charge in [0.05, 0.1) is 37.9 Å². The maximum absolute atomic E-state index is 13.1. The molecule has 0 heterocycles. The molecule has 0 aromatic heterocycles. The zero-order chi connectivity index (χ0) is 35.3. The van der Waals surface area contributed by atoms with Gasteiger partial charge in [0.1, 0.15) is 19.0 Å². The zero-order valence-electron chi connectivity index (χ0n) is 28.7. The van der Waals surface area contributed by atoms with Crippen molar-refractivity contribution in [2.45, 2.75) is 97.6 Å². The minimum Gasteiger partial charge on any atom is -0.488 e. The standard InChI is InChI=1S/C41H50O8/c1-5-9-10-11-12-13-14-15-16-17-22-47-40-37(45-7-3)25-34(26-38(40)46-8-4)41(44)49-30-33-20-18-32(19-21-33)29-48-39-35(27-42)23-31(6-2)24-36(39)28-43/h2,7-8,18-21,23-26,42-43H,3-5,9-17,22,27-30H2,1H3. The molecule has 0 bridgehead atoms. The number of hydrogen-bond donors (Lipinski definition) is 2. The van der Waals surface area contributed by atoms with E-state index < -0.39 is 5.97 Å². The van der Waals surface area contributed by atoms with Crippen LogP contribution >= 0.6 is 0 Å². The topological polar surface area (TPSA) is 104 Å². The van der Waals surface area contributed by atoms with E-state index in [0.29, 0.717) is 46.3 Å². The largest absolute Gasteiger partial charge is 0.488 e. The summed E-state index contributed by atoms with van der Waals surface area (Å²) in [6.45, 7) is 9.69. The molecule has 0 amide bonds. The molecule has 262 valence electrons. The van der Waals surface area contributed by atoms with Gasteiger partial charge in [-0.1, -0.05) is 108 Å². The lowest BCUT2D eigenvalue weighted by atomic mass is 10.0. The van der Waals surface area contributed by atoms with Gasteiger partial charge in [-0.25, -0.2) is 4.79 Å². The average Bonchev–Trinajstić information content (AvgIpc) is 3.12. The first-order valence-corrected chi connectivity index (χ1v) is 17.1. The summed E-state index contributed by atoms with van der Waals surface area (Å²) in [5.41, 5.74) is 3.39. The average molecular weight is 671 g/mol. The fraction of sp³-hybridized carbons (Fsp3) is 0.390. The predicted octanol–water partition coefficient (Wildman–Crippen LogP) is 8.93. The summed E-state index contributed by atoms with van der Waals surface area (Å²) in [5, 5.41) is 19.5. The number of aliphatic hydroxyl groups excluding tert-OH is 2. The molecular weight excluding hydrogens is 620 g/mol. The molecule has 3 aromatic carbocycles. The van der Waals surface area contributed by atoms with Crippen LogP contribution in [-0.4, -0.2) is 22.8 Å². The molecule has 0 saturated heterocycles. The van der Waals surface area contributed by atoms with Gasteiger partial charge >= 0.3 is 5.97 Å². The van der Waals surface area contributed by atoms with E-state index in [1.54, 1.807) is 24.3 Å². The van der Waals surface area contributed by atoms with Gasteiger partial charge in [-0.2, -0.15) is 0 Å². The third kappa shape index (κ3) is 12.7. The maximum atomic E-state index is 13.1. The number of carbonyl (C=O) groups excluding carboxylic acids is 1. The number of aliphatic hydroxyl groups is 2. The lowest BCUT2D eigenvalue weighted by Crippen LogP contribution is -2.08. The highest BCUT2D eigenvalue weighted by Gasteiger charge is 2.20. The quantitative estimate of drug-likeness (QED) is 0.0422. The molecule has 0 aliphatic rings. The smallest absolute Gasteiger partial charge is 0.338 e. The molecule has 3 aromatic rings. The fourth-order valence-corrected chi connectivity index (χ4v) is 5.33. The van der Waals surface area contributed by atoms with E-state index in [2.05, 4.69) is 26.0 Å². The summed E-state index contributed by atoms with van der Waals surface area (Å²) in [6, 6.07) is 13.8. The van der Waals surface area contributed by atoms with E-state index in [4.69, 9.17) is 30.1 Å². The Labute approximate surface area is 291 Å². The van der Waals surface area contributed by atoms with E-state index >= 15 is 0 Å². The first-order valence-electron chi connectivity index (χ1n) is 17.1. The van der Waals surface area contributed by atoms with Crippen molar-refractivity contribution in [2.75, 3.05) is 6.61 Å². The number of benzene rings is 3. The van der Waals surface area contributed by atoms with Crippen LogP contribution in [0.4, 0.5) is 0 Å². The molecule has 0 spiro atoms. The van der Waals surface area contributed by atoms with Crippen LogP contribution in [0.25, 0.3) is 0 Å². The third-order valence-corrected chi connectivity index (χ3v) is 7.95. The van der Waals surface area contributed by atoms with E-state index in [0.717, 1.165) is 24.0 Å². The maximum Gasteiger partial charge on any atom is 0.338 e. The van der Waals surface area contributed by atoms with Crippen LogP contribution < -0.4 is 18.9 Å². The molecule has 0 radical (unpaired) electrons. The van der Waals surface area contributed by atoms with Gasteiger partial charge in [0.2, 0.25) is 5.75 Å². The first kappa shape index (κ1) is 38.7. The van der Waals surface area contributed by atoms with E-state index in [1.165, 1.54) is 63.9 Å². The number of ether oxygens (including phenoxy) is 5. The Balaban J connectivity index is 1.55. The summed E-state index contributed by atoms with van der Waals surface area (Å²) in [5.74, 6) is 3.30. The lowest BCUT2D eigenvalue weighted by Gasteiger charge is -2.16. The molecule has 8 heteroatoms. The van der Waals surface area contributed by atoms with Crippen molar-refractivity contribution in [1.82, 2.24) is 0 Å². The highest BCUT2D eigenvalue weighted by atomic mass is 16.5. The SMILES string of the molecule is C#Cc1cc(CO)c(OCc2ccc(COC(=O)c3cc(OC=C)c(OCCCCCCCCCCCC)c(OC=C)c3)cc2)c(CO)c1. The molecule has 0 saturated carbocycles. The Kier molecular flexibility index (Phi) is 17.4. The number of terminal acetylenes is 1. The van der Waals surface area contributed by atoms with Gasteiger partial charge in [-0.15, -0.1) is 6.42 Å². The van der Waals surface area contributed by atoms with Crippen molar-refractivity contribution in [2.24, 2.45) is 0 Å². The Morgan fingerprint density at radius 1 is 0.735 bits per heavy atom. The highest BCUT2D eigenvalue weighted by molar-refractivity contribution is 5.91. The van der Waals surface area contributed by atoms with Gasteiger partial charge in [0.15, 0.2) is 11.5 Å². The second kappa shape index (κ2) is 22.0. The van der Waals surface area contributed by atoms with E-state index in [1.807, 2.05) is 24.3 Å². The molecule has 8 nitrogen and oxygen atoms in total. The molecule has 0 fully saturated rings. The van der Waals surface area contributed by atoms with Crippen molar-refractivity contribution < 1.29 is 38.7 Å². The highest BCUT2D eigenvalue weighted by Crippen LogP contribution is 2.40. The Morgan fingerprint density at radius 3 is 1.73 bits per heavy atom. The number of rotatable bonds is 24. The van der Waals surface area contributed by atoms with Crippen LogP contribution in [0.15, 0.2) is 74.2 Å². The molecular formula is C41H50O8. The molecule has 49 heavy (non-hydrogen) atoms. The summed E-state index contributed by atoms with van der Waals surface area (Å²) in [7, 11) is 0. The molecule has 3 rings (SSSR count). The van der Waals surface area contributed by atoms with Crippen molar-refractivity contribution in [3.05, 3.63) is 108 Å². The summed E-state index contributed by atoms with van der Waals surface area (Å²) < 4.78 is 28.8. The fourth-order valence-electron chi connectivity index (χ4n) is 5.33. The van der Waals surface area contributed by atoms with Gasteiger partial charge < -0.3 is 33.9 Å². The summed E-state index contributed by atoms with van der Waals surface area (Å²) in [4.78, 5) is 13.1. The van der Waals surface area contributed by atoms with Crippen LogP contribution in [-0.2, 0) is 31.2 Å². The molecule has 0 unspecified atom stereocenters. The molecule has 0 atom stereocenters. The van der Waals surface area contributed by atoms with Gasteiger partial charge in [0.25, 0.3) is 0 Å². The number of unbranched alkanes of at least 4 members (excludes halogenated alkanes) is 9. The normalized spacial score (nSPS) is 10.6. The Morgan fingerprint density at radius 2 is 1.24 bits per heavy atom. The minimum atomic E-state index is -0.569. The van der Waals surface area contributed by atoms with Gasteiger partial charge in [-0.3, -0.25) is 0 Å².